The minimum Gasteiger partial charge on any atom is -0.457 e. The second-order valence-electron chi connectivity index (χ2n) is 9.27. The lowest BCUT2D eigenvalue weighted by Gasteiger charge is -2.09. The largest absolute Gasteiger partial charge is 0.457 e. The van der Waals surface area contributed by atoms with Gasteiger partial charge in [-0.3, -0.25) is 19.6 Å². The molecule has 0 aliphatic carbocycles. The zero-order valence-electron chi connectivity index (χ0n) is 22.2. The molecule has 2 N–H and O–H groups in total. The van der Waals surface area contributed by atoms with Gasteiger partial charge in [-0.1, -0.05) is 42.5 Å². The van der Waals surface area contributed by atoms with Gasteiger partial charge in [0.15, 0.2) is 0 Å². The molecule has 0 saturated carbocycles. The van der Waals surface area contributed by atoms with Crippen LogP contribution in [0.15, 0.2) is 116 Å². The molecule has 0 spiro atoms. The third kappa shape index (κ3) is 6.05. The van der Waals surface area contributed by atoms with E-state index in [4.69, 9.17) is 14.6 Å². The summed E-state index contributed by atoms with van der Waals surface area (Å²) in [6, 6.07) is 30.6. The highest BCUT2D eigenvalue weighted by molar-refractivity contribution is 5.91. The van der Waals surface area contributed by atoms with Crippen LogP contribution in [0.1, 0.15) is 18.9 Å². The summed E-state index contributed by atoms with van der Waals surface area (Å²) in [7, 11) is 1.96. The van der Waals surface area contributed by atoms with E-state index in [1.807, 2.05) is 84.4 Å². The predicted octanol–water partition coefficient (Wildman–Crippen LogP) is 6.92. The molecule has 3 aromatic carbocycles. The summed E-state index contributed by atoms with van der Waals surface area (Å²) in [4.78, 5) is 30.9. The molecule has 3 heterocycles. The smallest absolute Gasteiger partial charge is 0.293 e. The van der Waals surface area contributed by atoms with Crippen molar-refractivity contribution >= 4 is 28.6 Å². The lowest BCUT2D eigenvalue weighted by molar-refractivity contribution is 0.0229. The van der Waals surface area contributed by atoms with Crippen molar-refractivity contribution in [3.8, 4) is 22.6 Å². The number of carbonyl (C=O) groups is 1. The first kappa shape index (κ1) is 25.7. The average Bonchev–Trinajstić information content (AvgIpc) is 3.32. The number of rotatable bonds is 9. The summed E-state index contributed by atoms with van der Waals surface area (Å²) < 4.78 is 8.04. The molecule has 0 atom stereocenters. The number of benzene rings is 3. The van der Waals surface area contributed by atoms with Crippen LogP contribution in [0, 0.1) is 0 Å². The van der Waals surface area contributed by atoms with E-state index in [0.29, 0.717) is 17.4 Å². The predicted molar refractivity (Wildman–Crippen MR) is 161 cm³/mol. The number of nitrogens with one attached hydrogen (secondary N) is 2. The van der Waals surface area contributed by atoms with E-state index < -0.39 is 5.91 Å². The van der Waals surface area contributed by atoms with Crippen molar-refractivity contribution in [1.29, 1.82) is 0 Å². The molecule has 0 saturated heterocycles. The standard InChI is InChI=1S/C32H26N6O3.2H2/c1-38-30-11-10-26(41-27-14-17-34-29(20-27)31(39)37-40-21-22-6-3-2-4-7-22)19-28(30)36-32(38)35-25-9-5-8-24(18-25)23-12-15-33-16-13-23;;/h2-20H,21H2,1H3,(H,35,36)(H,37,39);2*1H. The van der Waals surface area contributed by atoms with Crippen molar-refractivity contribution in [3.05, 3.63) is 127 Å². The molecule has 41 heavy (non-hydrogen) atoms. The number of nitrogens with zero attached hydrogens (tertiary/aromatic N) is 4. The summed E-state index contributed by atoms with van der Waals surface area (Å²) in [5.41, 5.74) is 8.34. The van der Waals surface area contributed by atoms with Gasteiger partial charge in [-0.15, -0.1) is 0 Å². The van der Waals surface area contributed by atoms with Gasteiger partial charge in [0.25, 0.3) is 5.91 Å². The molecule has 9 nitrogen and oxygen atoms in total. The van der Waals surface area contributed by atoms with Crippen molar-refractivity contribution in [2.24, 2.45) is 7.05 Å². The molecular formula is C32H30N6O3. The maximum atomic E-state index is 12.5. The van der Waals surface area contributed by atoms with Gasteiger partial charge in [-0.25, -0.2) is 10.5 Å². The van der Waals surface area contributed by atoms with Gasteiger partial charge in [0.05, 0.1) is 17.6 Å². The fraction of sp³-hybridized carbons (Fsp3) is 0.0625. The number of imidazole rings is 1. The molecule has 0 aliphatic rings. The molecule has 3 aromatic heterocycles. The van der Waals surface area contributed by atoms with Crippen LogP contribution in [0.4, 0.5) is 11.6 Å². The van der Waals surface area contributed by atoms with Gasteiger partial charge in [0, 0.05) is 46.3 Å². The molecule has 206 valence electrons. The average molecular weight is 547 g/mol. The quantitative estimate of drug-likeness (QED) is 0.190. The number of carbonyl (C=O) groups excluding carboxylic acids is 1. The Balaban J connectivity index is 0.00000212. The van der Waals surface area contributed by atoms with E-state index in [1.165, 1.54) is 6.20 Å². The van der Waals surface area contributed by atoms with Crippen molar-refractivity contribution in [2.75, 3.05) is 5.32 Å². The van der Waals surface area contributed by atoms with Gasteiger partial charge in [-0.2, -0.15) is 0 Å². The van der Waals surface area contributed by atoms with Gasteiger partial charge in [0.1, 0.15) is 17.2 Å². The van der Waals surface area contributed by atoms with Gasteiger partial charge < -0.3 is 14.6 Å². The Labute approximate surface area is 239 Å². The zero-order valence-corrected chi connectivity index (χ0v) is 22.2. The van der Waals surface area contributed by atoms with Crippen LogP contribution in [-0.2, 0) is 18.5 Å². The Morgan fingerprint density at radius 2 is 1.68 bits per heavy atom. The number of hydrogen-bond donors (Lipinski definition) is 2. The first-order valence-corrected chi connectivity index (χ1v) is 13.0. The second-order valence-corrected chi connectivity index (χ2v) is 9.27. The van der Waals surface area contributed by atoms with Crippen LogP contribution in [0.5, 0.6) is 11.5 Å². The number of fused-ring (bicyclic) bond motifs is 1. The van der Waals surface area contributed by atoms with Crippen LogP contribution in [0.2, 0.25) is 0 Å². The van der Waals surface area contributed by atoms with Crippen LogP contribution in [0.25, 0.3) is 22.2 Å². The van der Waals surface area contributed by atoms with Gasteiger partial charge in [-0.05, 0) is 59.2 Å². The SMILES string of the molecule is Cn1c(Nc2cccc(-c3ccncc3)c2)nc2cc(Oc3ccnc(C(=O)NOCc4ccccc4)c3)ccc21.[HH].[HH]. The monoisotopic (exact) mass is 546 g/mol. The Morgan fingerprint density at radius 1 is 0.854 bits per heavy atom. The van der Waals surface area contributed by atoms with Crippen molar-refractivity contribution in [1.82, 2.24) is 25.0 Å². The molecule has 1 amide bonds. The Bertz CT molecular complexity index is 1820. The summed E-state index contributed by atoms with van der Waals surface area (Å²) >= 11 is 0. The Hall–Kier alpha value is -5.54. The van der Waals surface area contributed by atoms with Crippen LogP contribution in [0.3, 0.4) is 0 Å². The Morgan fingerprint density at radius 3 is 2.54 bits per heavy atom. The van der Waals surface area contributed by atoms with E-state index in [1.54, 1.807) is 24.5 Å². The molecule has 6 rings (SSSR count). The van der Waals surface area contributed by atoms with Crippen LogP contribution < -0.4 is 15.5 Å². The number of anilines is 2. The number of hydrogen-bond acceptors (Lipinski definition) is 7. The second kappa shape index (κ2) is 11.7. The first-order valence-electron chi connectivity index (χ1n) is 13.0. The lowest BCUT2D eigenvalue weighted by Crippen LogP contribution is -2.24. The third-order valence-corrected chi connectivity index (χ3v) is 6.43. The van der Waals surface area contributed by atoms with Gasteiger partial charge >= 0.3 is 0 Å². The number of amides is 1. The number of aryl methyl sites for hydroxylation is 1. The maximum absolute atomic E-state index is 12.5. The topological polar surface area (TPSA) is 103 Å². The van der Waals surface area contributed by atoms with Crippen molar-refractivity contribution in [2.45, 2.75) is 6.61 Å². The molecule has 0 bridgehead atoms. The lowest BCUT2D eigenvalue weighted by atomic mass is 10.1. The number of aromatic nitrogens is 4. The van der Waals surface area contributed by atoms with Crippen LogP contribution in [-0.4, -0.2) is 25.4 Å². The highest BCUT2D eigenvalue weighted by Crippen LogP contribution is 2.29. The maximum Gasteiger partial charge on any atom is 0.293 e. The fourth-order valence-corrected chi connectivity index (χ4v) is 4.35. The molecular weight excluding hydrogens is 516 g/mol. The minimum absolute atomic E-state index is 0. The van der Waals surface area contributed by atoms with E-state index in [-0.39, 0.29) is 15.2 Å². The highest BCUT2D eigenvalue weighted by atomic mass is 16.6. The molecule has 0 aliphatic heterocycles. The third-order valence-electron chi connectivity index (χ3n) is 6.43. The summed E-state index contributed by atoms with van der Waals surface area (Å²) in [6.07, 6.45) is 5.08. The van der Waals surface area contributed by atoms with E-state index >= 15 is 0 Å². The zero-order chi connectivity index (χ0) is 28.0. The molecule has 0 fully saturated rings. The van der Waals surface area contributed by atoms with Crippen molar-refractivity contribution in [3.63, 3.8) is 0 Å². The number of pyridine rings is 2. The Kier molecular flexibility index (Phi) is 7.33. The minimum atomic E-state index is -0.463. The van der Waals surface area contributed by atoms with Crippen LogP contribution >= 0.6 is 0 Å². The molecule has 0 unspecified atom stereocenters. The first-order chi connectivity index (χ1) is 20.1. The number of ether oxygens (including phenoxy) is 1. The molecule has 9 heteroatoms. The van der Waals surface area contributed by atoms with E-state index in [9.17, 15) is 4.79 Å². The highest BCUT2D eigenvalue weighted by Gasteiger charge is 2.12. The molecule has 0 radical (unpaired) electrons. The van der Waals surface area contributed by atoms with Crippen molar-refractivity contribution < 1.29 is 17.2 Å². The summed E-state index contributed by atoms with van der Waals surface area (Å²) in [5.74, 6) is 1.28. The number of hydroxylamine groups is 1. The van der Waals surface area contributed by atoms with E-state index in [0.717, 1.165) is 33.4 Å². The van der Waals surface area contributed by atoms with Gasteiger partial charge in [0.2, 0.25) is 5.95 Å². The summed E-state index contributed by atoms with van der Waals surface area (Å²) in [6.45, 7) is 0.250. The fourth-order valence-electron chi connectivity index (χ4n) is 4.35. The summed E-state index contributed by atoms with van der Waals surface area (Å²) in [5, 5.41) is 3.42. The van der Waals surface area contributed by atoms with E-state index in [2.05, 4.69) is 32.9 Å². The molecule has 6 aromatic rings. The normalized spacial score (nSPS) is 10.9.